The highest BCUT2D eigenvalue weighted by Crippen LogP contribution is 2.33. The van der Waals surface area contributed by atoms with Crippen LogP contribution in [0.1, 0.15) is 31.9 Å². The Balaban J connectivity index is 2.35. The lowest BCUT2D eigenvalue weighted by Gasteiger charge is -2.33. The van der Waals surface area contributed by atoms with Crippen LogP contribution in [-0.2, 0) is 16.2 Å². The first-order chi connectivity index (χ1) is 11.2. The van der Waals surface area contributed by atoms with Crippen LogP contribution in [0.2, 0.25) is 0 Å². The fraction of sp³-hybridized carbons (Fsp3) is 0.412. The molecule has 0 fully saturated rings. The van der Waals surface area contributed by atoms with Crippen molar-refractivity contribution in [2.24, 2.45) is 5.92 Å². The second-order valence-electron chi connectivity index (χ2n) is 6.47. The molecule has 4 nitrogen and oxygen atoms in total. The number of hydrogen-bond donors (Lipinski definition) is 2. The van der Waals surface area contributed by atoms with Crippen molar-refractivity contribution in [3.8, 4) is 0 Å². The Labute approximate surface area is 145 Å². The van der Waals surface area contributed by atoms with E-state index >= 15 is 0 Å². The van der Waals surface area contributed by atoms with Crippen LogP contribution < -0.4 is 4.72 Å². The molecule has 0 heterocycles. The maximum Gasteiger partial charge on any atom is 0.416 e. The zero-order chi connectivity index (χ0) is 19.2. The number of sulfonamides is 1. The summed E-state index contributed by atoms with van der Waals surface area (Å²) in [5.41, 5.74) is -1.12. The maximum absolute atomic E-state index is 12.7. The first-order valence-electron chi connectivity index (χ1n) is 7.59. The van der Waals surface area contributed by atoms with Crippen molar-refractivity contribution < 1.29 is 26.7 Å². The quantitative estimate of drug-likeness (QED) is 0.850. The van der Waals surface area contributed by atoms with Crippen molar-refractivity contribution in [1.29, 1.82) is 0 Å². The molecule has 1 aliphatic carbocycles. The summed E-state index contributed by atoms with van der Waals surface area (Å²) >= 11 is 0. The van der Waals surface area contributed by atoms with Crippen LogP contribution in [0.15, 0.2) is 46.5 Å². The number of benzene rings is 1. The molecule has 0 spiro atoms. The van der Waals surface area contributed by atoms with Gasteiger partial charge in [-0.2, -0.15) is 13.2 Å². The summed E-state index contributed by atoms with van der Waals surface area (Å²) in [4.78, 5) is -0.225. The Bertz CT molecular complexity index is 852. The van der Waals surface area contributed by atoms with Crippen LogP contribution in [0.3, 0.4) is 0 Å². The van der Waals surface area contributed by atoms with Crippen LogP contribution in [0, 0.1) is 12.8 Å². The molecule has 138 valence electrons. The van der Waals surface area contributed by atoms with Crippen molar-refractivity contribution >= 4 is 10.0 Å². The predicted molar refractivity (Wildman–Crippen MR) is 88.1 cm³/mol. The summed E-state index contributed by atoms with van der Waals surface area (Å²) in [5.74, 6) is -0.330. The van der Waals surface area contributed by atoms with E-state index in [-0.39, 0.29) is 22.1 Å². The predicted octanol–water partition coefficient (Wildman–Crippen LogP) is 3.52. The molecule has 0 bridgehead atoms. The molecular weight excluding hydrogens is 355 g/mol. The summed E-state index contributed by atoms with van der Waals surface area (Å²) in [6.07, 6.45) is -1.45. The van der Waals surface area contributed by atoms with Gasteiger partial charge in [-0.25, -0.2) is 8.42 Å². The Hall–Kier alpha value is -1.80. The van der Waals surface area contributed by atoms with Crippen LogP contribution >= 0.6 is 0 Å². The molecule has 0 radical (unpaired) electrons. The highest BCUT2D eigenvalue weighted by Gasteiger charge is 2.34. The Morgan fingerprint density at radius 1 is 1.24 bits per heavy atom. The number of rotatable bonds is 3. The largest absolute Gasteiger partial charge is 0.416 e. The summed E-state index contributed by atoms with van der Waals surface area (Å²) in [7, 11) is -4.05. The molecule has 25 heavy (non-hydrogen) atoms. The zero-order valence-electron chi connectivity index (χ0n) is 14.3. The van der Waals surface area contributed by atoms with Gasteiger partial charge in [0.05, 0.1) is 16.1 Å². The van der Waals surface area contributed by atoms with Crippen molar-refractivity contribution in [3.05, 3.63) is 52.7 Å². The summed E-state index contributed by atoms with van der Waals surface area (Å²) in [6.45, 7) is 6.37. The average molecular weight is 375 g/mol. The monoisotopic (exact) mass is 375 g/mol. The molecule has 1 aliphatic rings. The van der Waals surface area contributed by atoms with Gasteiger partial charge in [0.1, 0.15) is 0 Å². The van der Waals surface area contributed by atoms with Crippen LogP contribution in [0.5, 0.6) is 0 Å². The number of aryl methyl sites for hydroxylation is 1. The Morgan fingerprint density at radius 3 is 2.32 bits per heavy atom. The van der Waals surface area contributed by atoms with Crippen molar-refractivity contribution in [2.75, 3.05) is 0 Å². The molecule has 2 N–H and O–H groups in total. The maximum atomic E-state index is 12.7. The first kappa shape index (κ1) is 19.5. The number of hydrogen-bond acceptors (Lipinski definition) is 3. The second-order valence-corrected chi connectivity index (χ2v) is 8.12. The fourth-order valence-corrected chi connectivity index (χ4v) is 3.90. The third-order valence-corrected chi connectivity index (χ3v) is 6.07. The molecule has 0 aromatic heterocycles. The number of halogens is 3. The smallest absolute Gasteiger partial charge is 0.385 e. The van der Waals surface area contributed by atoms with Gasteiger partial charge in [-0.3, -0.25) is 4.72 Å². The molecule has 2 unspecified atom stereocenters. The van der Waals surface area contributed by atoms with Gasteiger partial charge >= 0.3 is 6.18 Å². The lowest BCUT2D eigenvalue weighted by molar-refractivity contribution is -0.137. The SMILES string of the molecule is CC1=CC(NS(=O)(=O)c2ccc(C(F)(F)F)cc2C)=CC(C)C1(C)O. The van der Waals surface area contributed by atoms with Crippen molar-refractivity contribution in [3.63, 3.8) is 0 Å². The molecule has 0 aliphatic heterocycles. The Kier molecular flexibility index (Phi) is 4.82. The second kappa shape index (κ2) is 6.17. The van der Waals surface area contributed by atoms with E-state index in [1.807, 2.05) is 0 Å². The molecule has 8 heteroatoms. The molecule has 2 rings (SSSR count). The van der Waals surface area contributed by atoms with Gasteiger partial charge in [-0.15, -0.1) is 0 Å². The van der Waals surface area contributed by atoms with E-state index in [2.05, 4.69) is 4.72 Å². The number of nitrogens with one attached hydrogen (secondary N) is 1. The van der Waals surface area contributed by atoms with Crippen LogP contribution in [0.4, 0.5) is 13.2 Å². The lowest BCUT2D eigenvalue weighted by Crippen LogP contribution is -2.37. The van der Waals surface area contributed by atoms with E-state index in [1.54, 1.807) is 26.8 Å². The van der Waals surface area contributed by atoms with Gasteiger partial charge in [0.15, 0.2) is 0 Å². The van der Waals surface area contributed by atoms with E-state index < -0.39 is 27.4 Å². The fourth-order valence-electron chi connectivity index (χ4n) is 2.62. The molecule has 2 atom stereocenters. The highest BCUT2D eigenvalue weighted by atomic mass is 32.2. The molecule has 0 amide bonds. The van der Waals surface area contributed by atoms with E-state index in [0.29, 0.717) is 5.57 Å². The molecule has 0 saturated heterocycles. The number of alkyl halides is 3. The minimum absolute atomic E-state index is 0.000481. The van der Waals surface area contributed by atoms with Gasteiger partial charge in [0.25, 0.3) is 10.0 Å². The van der Waals surface area contributed by atoms with Crippen molar-refractivity contribution in [1.82, 2.24) is 4.72 Å². The lowest BCUT2D eigenvalue weighted by atomic mass is 9.80. The summed E-state index contributed by atoms with van der Waals surface area (Å²) in [6, 6.07) is 2.49. The average Bonchev–Trinajstić information content (AvgIpc) is 2.43. The topological polar surface area (TPSA) is 66.4 Å². The third-order valence-electron chi connectivity index (χ3n) is 4.53. The van der Waals surface area contributed by atoms with Gasteiger partial charge in [-0.05, 0) is 56.2 Å². The van der Waals surface area contributed by atoms with E-state index in [1.165, 1.54) is 13.0 Å². The van der Waals surface area contributed by atoms with Crippen LogP contribution in [0.25, 0.3) is 0 Å². The van der Waals surface area contributed by atoms with Gasteiger partial charge in [-0.1, -0.05) is 13.0 Å². The normalized spacial score (nSPS) is 24.6. The van der Waals surface area contributed by atoms with Gasteiger partial charge < -0.3 is 5.11 Å². The minimum Gasteiger partial charge on any atom is -0.385 e. The molecule has 1 aromatic carbocycles. The standard InChI is InChI=1S/C17H20F3NO3S/c1-10-7-13(17(18,19)20)5-6-15(10)25(23,24)21-14-8-11(2)16(4,22)12(3)9-14/h5-9,11,21-22H,1-4H3. The van der Waals surface area contributed by atoms with E-state index in [4.69, 9.17) is 0 Å². The molecular formula is C17H20F3NO3S. The van der Waals surface area contributed by atoms with Crippen molar-refractivity contribution in [2.45, 2.75) is 44.4 Å². The third kappa shape index (κ3) is 3.90. The molecule has 0 saturated carbocycles. The Morgan fingerprint density at radius 2 is 1.84 bits per heavy atom. The van der Waals surface area contributed by atoms with E-state index in [9.17, 15) is 26.7 Å². The zero-order valence-corrected chi connectivity index (χ0v) is 15.1. The minimum atomic E-state index is -4.53. The summed E-state index contributed by atoms with van der Waals surface area (Å²) < 4.78 is 65.6. The van der Waals surface area contributed by atoms with Crippen LogP contribution in [-0.4, -0.2) is 19.1 Å². The molecule has 1 aromatic rings. The highest BCUT2D eigenvalue weighted by molar-refractivity contribution is 7.89. The first-order valence-corrected chi connectivity index (χ1v) is 9.07. The van der Waals surface area contributed by atoms with Gasteiger partial charge in [0.2, 0.25) is 0 Å². The number of allylic oxidation sites excluding steroid dienone is 1. The number of aliphatic hydroxyl groups is 1. The van der Waals surface area contributed by atoms with E-state index in [0.717, 1.165) is 18.2 Å². The van der Waals surface area contributed by atoms with Gasteiger partial charge in [0, 0.05) is 11.6 Å². The summed E-state index contributed by atoms with van der Waals surface area (Å²) in [5, 5.41) is 10.3.